The molecule has 1 amide bonds. The number of amides is 1. The molecule has 1 unspecified atom stereocenters. The lowest BCUT2D eigenvalue weighted by Gasteiger charge is -2.09. The monoisotopic (exact) mass is 198 g/mol. The Balaban J connectivity index is 1.50. The van der Waals surface area contributed by atoms with Gasteiger partial charge in [0.05, 0.1) is 6.61 Å². The van der Waals surface area contributed by atoms with Crippen molar-refractivity contribution >= 4 is 5.91 Å². The summed E-state index contributed by atoms with van der Waals surface area (Å²) in [5.74, 6) is 0.180. The van der Waals surface area contributed by atoms with Gasteiger partial charge >= 0.3 is 0 Å². The second kappa shape index (κ2) is 4.75. The number of carbonyl (C=O) groups excluding carboxylic acids is 1. The Morgan fingerprint density at radius 2 is 2.14 bits per heavy atom. The second-order valence-corrected chi connectivity index (χ2v) is 4.11. The van der Waals surface area contributed by atoms with Crippen molar-refractivity contribution < 1.29 is 9.53 Å². The van der Waals surface area contributed by atoms with Crippen molar-refractivity contribution in [3.8, 4) is 0 Å². The standard InChI is InChI=1S/C10H18N2O2/c13-10(12-8-1-2-8)3-5-11-9-4-6-14-7-9/h8-9,11H,1-7H2,(H,12,13). The summed E-state index contributed by atoms with van der Waals surface area (Å²) < 4.78 is 5.23. The predicted octanol–water partition coefficient (Wildman–Crippen LogP) is 0.0336. The van der Waals surface area contributed by atoms with E-state index < -0.39 is 0 Å². The SMILES string of the molecule is O=C(CCNC1CCOC1)NC1CC1. The van der Waals surface area contributed by atoms with Gasteiger partial charge in [-0.05, 0) is 19.3 Å². The minimum Gasteiger partial charge on any atom is -0.380 e. The minimum atomic E-state index is 0.180. The first-order valence-electron chi connectivity index (χ1n) is 5.45. The molecule has 2 rings (SSSR count). The first-order valence-corrected chi connectivity index (χ1v) is 5.45. The van der Waals surface area contributed by atoms with Gasteiger partial charge in [0.2, 0.25) is 5.91 Å². The van der Waals surface area contributed by atoms with E-state index in [9.17, 15) is 4.79 Å². The third kappa shape index (κ3) is 3.27. The topological polar surface area (TPSA) is 50.4 Å². The highest BCUT2D eigenvalue weighted by Gasteiger charge is 2.23. The fourth-order valence-electron chi connectivity index (χ4n) is 1.61. The van der Waals surface area contributed by atoms with Gasteiger partial charge in [-0.2, -0.15) is 0 Å². The lowest BCUT2D eigenvalue weighted by atomic mass is 10.2. The molecule has 1 atom stereocenters. The Morgan fingerprint density at radius 3 is 2.79 bits per heavy atom. The predicted molar refractivity (Wildman–Crippen MR) is 53.0 cm³/mol. The molecule has 0 aromatic heterocycles. The van der Waals surface area contributed by atoms with Crippen LogP contribution >= 0.6 is 0 Å². The van der Waals surface area contributed by atoms with Crippen LogP contribution in [0.15, 0.2) is 0 Å². The summed E-state index contributed by atoms with van der Waals surface area (Å²) in [5, 5.41) is 6.29. The minimum absolute atomic E-state index is 0.180. The Hall–Kier alpha value is -0.610. The first-order chi connectivity index (χ1) is 6.84. The Labute approximate surface area is 84.4 Å². The van der Waals surface area contributed by atoms with Gasteiger partial charge in [-0.15, -0.1) is 0 Å². The molecule has 1 saturated carbocycles. The Bertz CT molecular complexity index is 198. The average molecular weight is 198 g/mol. The van der Waals surface area contributed by atoms with Gasteiger partial charge in [0.25, 0.3) is 0 Å². The van der Waals surface area contributed by atoms with Crippen molar-refractivity contribution in [1.82, 2.24) is 10.6 Å². The van der Waals surface area contributed by atoms with E-state index in [0.717, 1.165) is 39.0 Å². The van der Waals surface area contributed by atoms with Gasteiger partial charge in [0, 0.05) is 31.7 Å². The molecule has 80 valence electrons. The van der Waals surface area contributed by atoms with E-state index in [1.54, 1.807) is 0 Å². The van der Waals surface area contributed by atoms with Gasteiger partial charge < -0.3 is 15.4 Å². The molecule has 4 heteroatoms. The molecular weight excluding hydrogens is 180 g/mol. The largest absolute Gasteiger partial charge is 0.380 e. The van der Waals surface area contributed by atoms with Crippen molar-refractivity contribution in [2.75, 3.05) is 19.8 Å². The molecule has 14 heavy (non-hydrogen) atoms. The fourth-order valence-corrected chi connectivity index (χ4v) is 1.61. The van der Waals surface area contributed by atoms with E-state index >= 15 is 0 Å². The van der Waals surface area contributed by atoms with Crippen molar-refractivity contribution in [2.45, 2.75) is 37.8 Å². The van der Waals surface area contributed by atoms with Gasteiger partial charge in [-0.1, -0.05) is 0 Å². The molecule has 2 N–H and O–H groups in total. The van der Waals surface area contributed by atoms with E-state index in [0.29, 0.717) is 18.5 Å². The number of carbonyl (C=O) groups is 1. The molecule has 0 radical (unpaired) electrons. The highest BCUT2D eigenvalue weighted by atomic mass is 16.5. The lowest BCUT2D eigenvalue weighted by Crippen LogP contribution is -2.34. The summed E-state index contributed by atoms with van der Waals surface area (Å²) in [5.41, 5.74) is 0. The fraction of sp³-hybridized carbons (Fsp3) is 0.900. The first kappa shape index (κ1) is 9.93. The van der Waals surface area contributed by atoms with Gasteiger partial charge in [0.15, 0.2) is 0 Å². The summed E-state index contributed by atoms with van der Waals surface area (Å²) in [6.07, 6.45) is 3.99. The van der Waals surface area contributed by atoms with E-state index in [4.69, 9.17) is 4.74 Å². The molecular formula is C10H18N2O2. The number of hydrogen-bond donors (Lipinski definition) is 2. The van der Waals surface area contributed by atoms with Crippen LogP contribution in [0, 0.1) is 0 Å². The molecule has 0 bridgehead atoms. The molecule has 1 heterocycles. The highest BCUT2D eigenvalue weighted by molar-refractivity contribution is 5.76. The van der Waals surface area contributed by atoms with Gasteiger partial charge in [-0.3, -0.25) is 4.79 Å². The molecule has 0 spiro atoms. The number of ether oxygens (including phenoxy) is 1. The molecule has 1 aliphatic heterocycles. The van der Waals surface area contributed by atoms with Gasteiger partial charge in [-0.25, -0.2) is 0 Å². The summed E-state index contributed by atoms with van der Waals surface area (Å²) in [4.78, 5) is 11.3. The molecule has 2 aliphatic rings. The molecule has 0 aromatic rings. The summed E-state index contributed by atoms with van der Waals surface area (Å²) >= 11 is 0. The Morgan fingerprint density at radius 1 is 1.29 bits per heavy atom. The van der Waals surface area contributed by atoms with Crippen molar-refractivity contribution in [1.29, 1.82) is 0 Å². The summed E-state index contributed by atoms with van der Waals surface area (Å²) in [6.45, 7) is 2.42. The van der Waals surface area contributed by atoms with Crippen LogP contribution in [0.4, 0.5) is 0 Å². The maximum absolute atomic E-state index is 11.3. The lowest BCUT2D eigenvalue weighted by molar-refractivity contribution is -0.121. The molecule has 4 nitrogen and oxygen atoms in total. The van der Waals surface area contributed by atoms with Crippen molar-refractivity contribution in [3.63, 3.8) is 0 Å². The Kier molecular flexibility index (Phi) is 3.37. The van der Waals surface area contributed by atoms with E-state index in [-0.39, 0.29) is 5.91 Å². The van der Waals surface area contributed by atoms with Crippen molar-refractivity contribution in [2.24, 2.45) is 0 Å². The molecule has 2 fully saturated rings. The quantitative estimate of drug-likeness (QED) is 0.655. The van der Waals surface area contributed by atoms with Crippen LogP contribution in [-0.4, -0.2) is 37.7 Å². The van der Waals surface area contributed by atoms with Crippen LogP contribution < -0.4 is 10.6 Å². The van der Waals surface area contributed by atoms with Crippen LogP contribution in [0.2, 0.25) is 0 Å². The smallest absolute Gasteiger partial charge is 0.221 e. The maximum Gasteiger partial charge on any atom is 0.221 e. The summed E-state index contributed by atoms with van der Waals surface area (Å²) in [7, 11) is 0. The number of nitrogens with one attached hydrogen (secondary N) is 2. The van der Waals surface area contributed by atoms with Gasteiger partial charge in [0.1, 0.15) is 0 Å². The van der Waals surface area contributed by atoms with Crippen molar-refractivity contribution in [3.05, 3.63) is 0 Å². The van der Waals surface area contributed by atoms with Crippen LogP contribution in [0.3, 0.4) is 0 Å². The third-order valence-corrected chi connectivity index (χ3v) is 2.66. The number of hydrogen-bond acceptors (Lipinski definition) is 3. The highest BCUT2D eigenvalue weighted by Crippen LogP contribution is 2.18. The molecule has 0 aromatic carbocycles. The summed E-state index contributed by atoms with van der Waals surface area (Å²) in [6, 6.07) is 0.945. The van der Waals surface area contributed by atoms with Crippen LogP contribution in [0.1, 0.15) is 25.7 Å². The zero-order valence-corrected chi connectivity index (χ0v) is 8.42. The van der Waals surface area contributed by atoms with E-state index in [1.165, 1.54) is 0 Å². The maximum atomic E-state index is 11.3. The van der Waals surface area contributed by atoms with E-state index in [1.807, 2.05) is 0 Å². The van der Waals surface area contributed by atoms with Crippen LogP contribution in [-0.2, 0) is 9.53 Å². The normalized spacial score (nSPS) is 26.4. The zero-order chi connectivity index (χ0) is 9.80. The second-order valence-electron chi connectivity index (χ2n) is 4.11. The van der Waals surface area contributed by atoms with Crippen LogP contribution in [0.5, 0.6) is 0 Å². The molecule has 1 aliphatic carbocycles. The van der Waals surface area contributed by atoms with Crippen LogP contribution in [0.25, 0.3) is 0 Å². The molecule has 1 saturated heterocycles. The third-order valence-electron chi connectivity index (χ3n) is 2.66. The average Bonchev–Trinajstić information content (AvgIpc) is 2.82. The van der Waals surface area contributed by atoms with E-state index in [2.05, 4.69) is 10.6 Å². The number of rotatable bonds is 5. The zero-order valence-electron chi connectivity index (χ0n) is 8.42.